The molecule has 0 aliphatic carbocycles. The van der Waals surface area contributed by atoms with Crippen molar-refractivity contribution in [2.45, 2.75) is 276 Å². The molecule has 12 nitrogen and oxygen atoms in total. The molecular formula is C59H100O12. The van der Waals surface area contributed by atoms with Gasteiger partial charge in [0.15, 0.2) is 24.6 Å². The quantitative estimate of drug-likeness (QED) is 0.0228. The summed E-state index contributed by atoms with van der Waals surface area (Å²) < 4.78 is 28.3. The Morgan fingerprint density at radius 3 is 1.41 bits per heavy atom. The molecule has 1 rings (SSSR count). The molecular weight excluding hydrogens is 901 g/mol. The Hall–Kier alpha value is -3.58. The van der Waals surface area contributed by atoms with Crippen LogP contribution in [0.1, 0.15) is 239 Å². The van der Waals surface area contributed by atoms with Gasteiger partial charge in [-0.15, -0.1) is 0 Å². The minimum atomic E-state index is -1.91. The van der Waals surface area contributed by atoms with Crippen molar-refractivity contribution >= 4 is 23.9 Å². The minimum Gasteiger partial charge on any atom is -0.479 e. The molecule has 0 aromatic carbocycles. The fourth-order valence-electron chi connectivity index (χ4n) is 8.26. The second-order valence-electron chi connectivity index (χ2n) is 19.2. The highest BCUT2D eigenvalue weighted by Crippen LogP contribution is 2.26. The highest BCUT2D eigenvalue weighted by atomic mass is 16.7. The normalized spacial score (nSPS) is 18.9. The van der Waals surface area contributed by atoms with Gasteiger partial charge in [-0.2, -0.15) is 0 Å². The van der Waals surface area contributed by atoms with E-state index in [4.69, 9.17) is 23.7 Å². The summed E-state index contributed by atoms with van der Waals surface area (Å²) in [5.74, 6) is -3.22. The van der Waals surface area contributed by atoms with Crippen molar-refractivity contribution in [3.8, 4) is 0 Å². The van der Waals surface area contributed by atoms with Crippen LogP contribution in [0.25, 0.3) is 0 Å². The molecule has 0 amide bonds. The number of carboxylic acids is 1. The molecule has 12 heteroatoms. The molecule has 408 valence electrons. The standard InChI is InChI=1S/C59H100O12/c1-4-7-10-13-16-19-22-24-25-26-27-29-32-35-38-41-44-47-53(62)70-57-55(64)54(63)56(58(65)66)71-59(57)68-49-50(69-52(61)46-43-40-37-34-30-21-18-15-12-9-6-3)48-67-51(60)45-42-39-36-33-31-28-23-20-17-14-11-8-5-2/h8,11,17,20,24-25,28,31,36,39,50,54-57,59,63-64H,4-7,9-10,12-16,18-19,21-23,26-27,29-30,32-35,37-38,40-49H2,1-3H3,(H,65,66)/b11-8-,20-17-,25-24-,31-28-,39-36-. The van der Waals surface area contributed by atoms with Crippen LogP contribution in [0.3, 0.4) is 0 Å². The van der Waals surface area contributed by atoms with Crippen LogP contribution in [0, 0.1) is 0 Å². The van der Waals surface area contributed by atoms with Gasteiger partial charge >= 0.3 is 23.9 Å². The van der Waals surface area contributed by atoms with Crippen LogP contribution >= 0.6 is 0 Å². The van der Waals surface area contributed by atoms with Gasteiger partial charge in [-0.1, -0.05) is 210 Å². The Morgan fingerprint density at radius 2 is 0.915 bits per heavy atom. The topological polar surface area (TPSA) is 175 Å². The number of hydrogen-bond acceptors (Lipinski definition) is 11. The van der Waals surface area contributed by atoms with Crippen LogP contribution < -0.4 is 0 Å². The van der Waals surface area contributed by atoms with E-state index in [-0.39, 0.29) is 25.9 Å². The average molecular weight is 1000 g/mol. The largest absolute Gasteiger partial charge is 0.479 e. The van der Waals surface area contributed by atoms with Crippen molar-refractivity contribution in [2.75, 3.05) is 13.2 Å². The molecule has 1 aliphatic rings. The van der Waals surface area contributed by atoms with E-state index in [0.29, 0.717) is 19.3 Å². The maximum atomic E-state index is 13.1. The molecule has 0 radical (unpaired) electrons. The number of unbranched alkanes of at least 4 members (excludes halogenated alkanes) is 23. The summed E-state index contributed by atoms with van der Waals surface area (Å²) in [5, 5.41) is 31.4. The van der Waals surface area contributed by atoms with Crippen LogP contribution in [0.15, 0.2) is 60.8 Å². The van der Waals surface area contributed by atoms with E-state index in [2.05, 4.69) is 69.4 Å². The number of allylic oxidation sites excluding steroid dienone is 10. The molecule has 1 fully saturated rings. The van der Waals surface area contributed by atoms with Gasteiger partial charge < -0.3 is 39.0 Å². The average Bonchev–Trinajstić information content (AvgIpc) is 3.35. The number of aliphatic hydroxyl groups is 2. The van der Waals surface area contributed by atoms with Gasteiger partial charge in [0, 0.05) is 19.3 Å². The number of ether oxygens (including phenoxy) is 5. The molecule has 0 aromatic rings. The Bertz CT molecular complexity index is 1470. The van der Waals surface area contributed by atoms with Crippen molar-refractivity contribution in [2.24, 2.45) is 0 Å². The van der Waals surface area contributed by atoms with E-state index in [0.717, 1.165) is 77.0 Å². The lowest BCUT2D eigenvalue weighted by molar-refractivity contribution is -0.301. The summed E-state index contributed by atoms with van der Waals surface area (Å²) in [6.07, 6.45) is 45.0. The number of aliphatic carboxylic acids is 1. The van der Waals surface area contributed by atoms with Gasteiger partial charge in [0.1, 0.15) is 18.8 Å². The Labute approximate surface area is 430 Å². The summed E-state index contributed by atoms with van der Waals surface area (Å²) in [6, 6.07) is 0. The Balaban J connectivity index is 2.72. The van der Waals surface area contributed by atoms with Gasteiger partial charge in [-0.05, 0) is 70.6 Å². The van der Waals surface area contributed by atoms with Gasteiger partial charge in [0.25, 0.3) is 0 Å². The first kappa shape index (κ1) is 65.4. The van der Waals surface area contributed by atoms with E-state index >= 15 is 0 Å². The van der Waals surface area contributed by atoms with E-state index in [1.54, 1.807) is 0 Å². The van der Waals surface area contributed by atoms with Gasteiger partial charge in [0.05, 0.1) is 6.61 Å². The number of carbonyl (C=O) groups excluding carboxylic acids is 3. The van der Waals surface area contributed by atoms with Crippen molar-refractivity contribution in [1.82, 2.24) is 0 Å². The molecule has 0 bridgehead atoms. The number of esters is 3. The smallest absolute Gasteiger partial charge is 0.335 e. The van der Waals surface area contributed by atoms with Gasteiger partial charge in [-0.25, -0.2) is 4.79 Å². The maximum Gasteiger partial charge on any atom is 0.335 e. The van der Waals surface area contributed by atoms with Crippen LogP contribution in [0.4, 0.5) is 0 Å². The van der Waals surface area contributed by atoms with Crippen molar-refractivity contribution < 1.29 is 58.2 Å². The van der Waals surface area contributed by atoms with Crippen LogP contribution in [0.5, 0.6) is 0 Å². The molecule has 1 saturated heterocycles. The lowest BCUT2D eigenvalue weighted by Gasteiger charge is -2.40. The Morgan fingerprint density at radius 1 is 0.479 bits per heavy atom. The third-order valence-electron chi connectivity index (χ3n) is 12.6. The molecule has 6 atom stereocenters. The number of rotatable bonds is 47. The highest BCUT2D eigenvalue weighted by Gasteiger charge is 2.50. The molecule has 0 saturated carbocycles. The van der Waals surface area contributed by atoms with E-state index in [1.165, 1.54) is 103 Å². The molecule has 0 spiro atoms. The van der Waals surface area contributed by atoms with Crippen LogP contribution in [0.2, 0.25) is 0 Å². The second-order valence-corrected chi connectivity index (χ2v) is 19.2. The molecule has 0 aromatic heterocycles. The summed E-state index contributed by atoms with van der Waals surface area (Å²) in [4.78, 5) is 50.9. The van der Waals surface area contributed by atoms with Crippen molar-refractivity contribution in [1.29, 1.82) is 0 Å². The first-order valence-electron chi connectivity index (χ1n) is 28.3. The van der Waals surface area contributed by atoms with Gasteiger partial charge in [-0.3, -0.25) is 14.4 Å². The predicted molar refractivity (Wildman–Crippen MR) is 285 cm³/mol. The number of aliphatic hydroxyl groups excluding tert-OH is 2. The molecule has 3 N–H and O–H groups in total. The zero-order valence-electron chi connectivity index (χ0n) is 44.7. The highest BCUT2D eigenvalue weighted by molar-refractivity contribution is 5.74. The summed E-state index contributed by atoms with van der Waals surface area (Å²) in [5.41, 5.74) is 0. The fourth-order valence-corrected chi connectivity index (χ4v) is 8.26. The fraction of sp³-hybridized carbons (Fsp3) is 0.763. The third-order valence-corrected chi connectivity index (χ3v) is 12.6. The summed E-state index contributed by atoms with van der Waals surface area (Å²) >= 11 is 0. The van der Waals surface area contributed by atoms with E-state index in [9.17, 15) is 34.5 Å². The van der Waals surface area contributed by atoms with Crippen molar-refractivity contribution in [3.05, 3.63) is 60.8 Å². The Kier molecular flexibility index (Phi) is 43.7. The SMILES string of the molecule is CC/C=C\C/C=C\C/C=C\C/C=C\CCC(=O)OCC(COC1OC(C(=O)O)C(O)C(O)C1OC(=O)CCCCCCCCC/C=C\CCCCCCCC)OC(=O)CCCCCCCCCCCCC. The van der Waals surface area contributed by atoms with Gasteiger partial charge in [0.2, 0.25) is 0 Å². The molecule has 1 heterocycles. The number of carbonyl (C=O) groups is 4. The van der Waals surface area contributed by atoms with Crippen LogP contribution in [-0.4, -0.2) is 89.2 Å². The number of hydrogen-bond donors (Lipinski definition) is 3. The second kappa shape index (κ2) is 47.4. The lowest BCUT2D eigenvalue weighted by Crippen LogP contribution is -2.61. The molecule has 6 unspecified atom stereocenters. The third kappa shape index (κ3) is 37.8. The predicted octanol–water partition coefficient (Wildman–Crippen LogP) is 14.0. The van der Waals surface area contributed by atoms with E-state index in [1.807, 2.05) is 12.2 Å². The first-order chi connectivity index (χ1) is 34.6. The minimum absolute atomic E-state index is 0.0495. The van der Waals surface area contributed by atoms with Crippen LogP contribution in [-0.2, 0) is 42.9 Å². The zero-order chi connectivity index (χ0) is 51.8. The zero-order valence-corrected chi connectivity index (χ0v) is 44.7. The lowest BCUT2D eigenvalue weighted by atomic mass is 9.98. The monoisotopic (exact) mass is 1000 g/mol. The molecule has 71 heavy (non-hydrogen) atoms. The first-order valence-corrected chi connectivity index (χ1v) is 28.3. The van der Waals surface area contributed by atoms with Crippen molar-refractivity contribution in [3.63, 3.8) is 0 Å². The molecule has 1 aliphatic heterocycles. The van der Waals surface area contributed by atoms with E-state index < -0.39 is 67.3 Å². The maximum absolute atomic E-state index is 13.1. The summed E-state index contributed by atoms with van der Waals surface area (Å²) in [7, 11) is 0. The summed E-state index contributed by atoms with van der Waals surface area (Å²) in [6.45, 7) is 5.79. The number of carboxylic acid groups (broad SMARTS) is 1.